The molecule has 2 rings (SSSR count). The van der Waals surface area contributed by atoms with Crippen LogP contribution in [0.3, 0.4) is 0 Å². The minimum Gasteiger partial charge on any atom is -0.285 e. The second kappa shape index (κ2) is 6.55. The second-order valence-corrected chi connectivity index (χ2v) is 4.15. The van der Waals surface area contributed by atoms with Gasteiger partial charge in [-0.1, -0.05) is 66.7 Å². The van der Waals surface area contributed by atoms with E-state index in [0.717, 1.165) is 0 Å². The Labute approximate surface area is 109 Å². The van der Waals surface area contributed by atoms with Gasteiger partial charge in [0.1, 0.15) is 0 Å². The molecule has 0 aromatic heterocycles. The van der Waals surface area contributed by atoms with E-state index in [1.54, 1.807) is 0 Å². The normalized spacial score (nSPS) is 13.2. The average Bonchev–Trinajstić information content (AvgIpc) is 2.45. The molecule has 90 valence electrons. The van der Waals surface area contributed by atoms with Crippen LogP contribution in [0.5, 0.6) is 0 Å². The summed E-state index contributed by atoms with van der Waals surface area (Å²) in [4.78, 5) is 4.50. The van der Waals surface area contributed by atoms with Crippen LogP contribution < -0.4 is 0 Å². The van der Waals surface area contributed by atoms with E-state index in [1.165, 1.54) is 11.1 Å². The number of rotatable bonds is 4. The van der Waals surface area contributed by atoms with Crippen molar-refractivity contribution in [1.29, 1.82) is 0 Å². The maximum Gasteiger partial charge on any atom is 0.0720 e. The quantitative estimate of drug-likeness (QED) is 0.690. The first kappa shape index (κ1) is 12.3. The van der Waals surface area contributed by atoms with Crippen LogP contribution >= 0.6 is 0 Å². The molecule has 0 radical (unpaired) electrons. The molecule has 1 atom stereocenters. The lowest BCUT2D eigenvalue weighted by atomic mass is 10.1. The Bertz CT molecular complexity index is 512. The van der Waals surface area contributed by atoms with E-state index >= 15 is 0 Å². The maximum absolute atomic E-state index is 4.50. The lowest BCUT2D eigenvalue weighted by Gasteiger charge is -2.04. The Hall–Kier alpha value is -2.15. The van der Waals surface area contributed by atoms with Crippen molar-refractivity contribution in [2.75, 3.05) is 0 Å². The highest BCUT2D eigenvalue weighted by Gasteiger charge is 1.98. The van der Waals surface area contributed by atoms with Crippen LogP contribution in [0.4, 0.5) is 0 Å². The fourth-order valence-corrected chi connectivity index (χ4v) is 1.71. The zero-order chi connectivity index (χ0) is 12.6. The van der Waals surface area contributed by atoms with E-state index < -0.39 is 0 Å². The summed E-state index contributed by atoms with van der Waals surface area (Å²) < 4.78 is 0. The lowest BCUT2D eigenvalue weighted by Crippen LogP contribution is -1.88. The Balaban J connectivity index is 1.94. The SMILES string of the molecule is CC(N=C/C=C/c1ccccc1)c1ccccc1. The monoisotopic (exact) mass is 235 g/mol. The summed E-state index contributed by atoms with van der Waals surface area (Å²) in [5.74, 6) is 0. The van der Waals surface area contributed by atoms with E-state index in [2.05, 4.69) is 42.3 Å². The predicted octanol–water partition coefficient (Wildman–Crippen LogP) is 4.53. The molecule has 0 aliphatic heterocycles. The largest absolute Gasteiger partial charge is 0.285 e. The van der Waals surface area contributed by atoms with Crippen LogP contribution in [0.2, 0.25) is 0 Å². The standard InChI is InChI=1S/C17H17N/c1-15(17-12-6-3-7-13-17)18-14-8-11-16-9-4-2-5-10-16/h2-15H,1H3/b11-8+,18-14?. The van der Waals surface area contributed by atoms with Crippen molar-refractivity contribution in [1.82, 2.24) is 0 Å². The van der Waals surface area contributed by atoms with Gasteiger partial charge in [-0.15, -0.1) is 0 Å². The maximum atomic E-state index is 4.50. The lowest BCUT2D eigenvalue weighted by molar-refractivity contribution is 0.826. The third-order valence-electron chi connectivity index (χ3n) is 2.77. The van der Waals surface area contributed by atoms with E-state index in [1.807, 2.05) is 48.7 Å². The van der Waals surface area contributed by atoms with Crippen LogP contribution in [0.25, 0.3) is 6.08 Å². The Morgan fingerprint density at radius 2 is 1.50 bits per heavy atom. The third-order valence-corrected chi connectivity index (χ3v) is 2.77. The predicted molar refractivity (Wildman–Crippen MR) is 78.8 cm³/mol. The summed E-state index contributed by atoms with van der Waals surface area (Å²) in [5.41, 5.74) is 2.43. The first-order chi connectivity index (χ1) is 8.86. The first-order valence-electron chi connectivity index (χ1n) is 6.16. The van der Waals surface area contributed by atoms with Gasteiger partial charge in [-0.25, -0.2) is 0 Å². The van der Waals surface area contributed by atoms with Gasteiger partial charge in [0, 0.05) is 6.21 Å². The third kappa shape index (κ3) is 3.70. The van der Waals surface area contributed by atoms with Gasteiger partial charge in [0.15, 0.2) is 0 Å². The molecule has 0 bridgehead atoms. The van der Waals surface area contributed by atoms with Gasteiger partial charge in [-0.2, -0.15) is 0 Å². The number of allylic oxidation sites excluding steroid dienone is 1. The molecule has 0 spiro atoms. The summed E-state index contributed by atoms with van der Waals surface area (Å²) in [6.07, 6.45) is 5.90. The highest BCUT2D eigenvalue weighted by Crippen LogP contribution is 2.14. The van der Waals surface area contributed by atoms with Crippen molar-refractivity contribution in [2.45, 2.75) is 13.0 Å². The average molecular weight is 235 g/mol. The second-order valence-electron chi connectivity index (χ2n) is 4.15. The summed E-state index contributed by atoms with van der Waals surface area (Å²) in [6, 6.07) is 20.7. The van der Waals surface area contributed by atoms with E-state index in [-0.39, 0.29) is 6.04 Å². The molecule has 0 saturated heterocycles. The smallest absolute Gasteiger partial charge is 0.0720 e. The van der Waals surface area contributed by atoms with Crippen LogP contribution in [0.15, 0.2) is 71.7 Å². The minimum atomic E-state index is 0.201. The molecule has 0 saturated carbocycles. The topological polar surface area (TPSA) is 12.4 Å². The molecular formula is C17H17N. The molecule has 0 aliphatic carbocycles. The number of hydrogen-bond acceptors (Lipinski definition) is 1. The zero-order valence-corrected chi connectivity index (χ0v) is 10.5. The minimum absolute atomic E-state index is 0.201. The molecule has 0 fully saturated rings. The summed E-state index contributed by atoms with van der Waals surface area (Å²) >= 11 is 0. The summed E-state index contributed by atoms with van der Waals surface area (Å²) in [6.45, 7) is 2.10. The van der Waals surface area contributed by atoms with Gasteiger partial charge in [0.2, 0.25) is 0 Å². The molecule has 1 unspecified atom stereocenters. The van der Waals surface area contributed by atoms with Crippen molar-refractivity contribution in [3.63, 3.8) is 0 Å². The fourth-order valence-electron chi connectivity index (χ4n) is 1.71. The fraction of sp³-hybridized carbons (Fsp3) is 0.118. The van der Waals surface area contributed by atoms with Crippen molar-refractivity contribution in [2.24, 2.45) is 4.99 Å². The van der Waals surface area contributed by atoms with Gasteiger partial charge in [-0.05, 0) is 24.1 Å². The van der Waals surface area contributed by atoms with E-state index in [4.69, 9.17) is 0 Å². The highest BCUT2D eigenvalue weighted by molar-refractivity contribution is 5.78. The molecule has 0 amide bonds. The number of benzene rings is 2. The number of aliphatic imine (C=N–C) groups is 1. The molecule has 2 aromatic carbocycles. The van der Waals surface area contributed by atoms with E-state index in [9.17, 15) is 0 Å². The Morgan fingerprint density at radius 3 is 2.17 bits per heavy atom. The molecular weight excluding hydrogens is 218 g/mol. The zero-order valence-electron chi connectivity index (χ0n) is 10.5. The molecule has 0 aliphatic rings. The van der Waals surface area contributed by atoms with Crippen LogP contribution in [-0.4, -0.2) is 6.21 Å². The van der Waals surface area contributed by atoms with Gasteiger partial charge in [-0.3, -0.25) is 4.99 Å². The molecule has 18 heavy (non-hydrogen) atoms. The summed E-state index contributed by atoms with van der Waals surface area (Å²) in [7, 11) is 0. The van der Waals surface area contributed by atoms with Gasteiger partial charge < -0.3 is 0 Å². The van der Waals surface area contributed by atoms with Gasteiger partial charge >= 0.3 is 0 Å². The van der Waals surface area contributed by atoms with Crippen molar-refractivity contribution in [3.05, 3.63) is 77.9 Å². The van der Waals surface area contributed by atoms with Crippen molar-refractivity contribution < 1.29 is 0 Å². The Kier molecular flexibility index (Phi) is 4.48. The molecule has 0 N–H and O–H groups in total. The van der Waals surface area contributed by atoms with Gasteiger partial charge in [0.05, 0.1) is 6.04 Å². The van der Waals surface area contributed by atoms with Crippen LogP contribution in [0.1, 0.15) is 24.1 Å². The summed E-state index contributed by atoms with van der Waals surface area (Å²) in [5, 5.41) is 0. The van der Waals surface area contributed by atoms with Crippen molar-refractivity contribution >= 4 is 12.3 Å². The first-order valence-corrected chi connectivity index (χ1v) is 6.16. The molecule has 0 heterocycles. The highest BCUT2D eigenvalue weighted by atomic mass is 14.7. The molecule has 1 nitrogen and oxygen atoms in total. The Morgan fingerprint density at radius 1 is 0.889 bits per heavy atom. The van der Waals surface area contributed by atoms with Gasteiger partial charge in [0.25, 0.3) is 0 Å². The number of hydrogen-bond donors (Lipinski definition) is 0. The molecule has 2 aromatic rings. The molecule has 1 heteroatoms. The number of nitrogens with zero attached hydrogens (tertiary/aromatic N) is 1. The van der Waals surface area contributed by atoms with Crippen molar-refractivity contribution in [3.8, 4) is 0 Å². The van der Waals surface area contributed by atoms with Crippen LogP contribution in [0, 0.1) is 0 Å². The van der Waals surface area contributed by atoms with Crippen LogP contribution in [-0.2, 0) is 0 Å². The van der Waals surface area contributed by atoms with E-state index in [0.29, 0.717) is 0 Å².